The van der Waals surface area contributed by atoms with E-state index in [4.69, 9.17) is 0 Å². The fourth-order valence-electron chi connectivity index (χ4n) is 2.20. The summed E-state index contributed by atoms with van der Waals surface area (Å²) in [6.45, 7) is 3.89. The fourth-order valence-corrected chi connectivity index (χ4v) is 2.20. The van der Waals surface area contributed by atoms with E-state index in [-0.39, 0.29) is 6.04 Å². The Morgan fingerprint density at radius 2 is 2.00 bits per heavy atom. The lowest BCUT2D eigenvalue weighted by Gasteiger charge is -2.29. The minimum atomic E-state index is -1.02. The first-order valence-corrected chi connectivity index (χ1v) is 6.20. The lowest BCUT2D eigenvalue weighted by molar-refractivity contribution is -0.136. The number of hydrogen-bond donors (Lipinski definition) is 1. The van der Waals surface area contributed by atoms with E-state index in [2.05, 4.69) is 10.4 Å². The molecule has 1 aliphatic carbocycles. The van der Waals surface area contributed by atoms with Crippen molar-refractivity contribution < 1.29 is 14.4 Å². The summed E-state index contributed by atoms with van der Waals surface area (Å²) < 4.78 is 1.66. The molecule has 1 aromatic heterocycles. The van der Waals surface area contributed by atoms with Crippen molar-refractivity contribution in [3.05, 3.63) is 12.4 Å². The zero-order chi connectivity index (χ0) is 13.8. The number of hydrogen-bond acceptors (Lipinski definition) is 4. The van der Waals surface area contributed by atoms with Crippen molar-refractivity contribution in [1.29, 1.82) is 0 Å². The van der Waals surface area contributed by atoms with Gasteiger partial charge in [0.15, 0.2) is 0 Å². The van der Waals surface area contributed by atoms with E-state index in [1.165, 1.54) is 6.20 Å². The second-order valence-corrected chi connectivity index (χ2v) is 5.25. The number of carbonyl (C=O) groups excluding carboxylic acids is 3. The van der Waals surface area contributed by atoms with Gasteiger partial charge in [-0.15, -0.1) is 0 Å². The van der Waals surface area contributed by atoms with E-state index in [0.29, 0.717) is 18.5 Å². The number of imide groups is 2. The standard InChI is InChI=1S/C12H14N4O3/c1-7(2)15-6-8(5-13-15)16-10(18)12(3-4-12)9(17)14-11(16)19/h5-7H,3-4H2,1-2H3,(H,14,17,19). The quantitative estimate of drug-likeness (QED) is 0.800. The SMILES string of the molecule is CC(C)n1cc(N2C(=O)NC(=O)C3(CC3)C2=O)cn1. The molecule has 2 heterocycles. The van der Waals surface area contributed by atoms with Gasteiger partial charge in [0.05, 0.1) is 11.9 Å². The highest BCUT2D eigenvalue weighted by Crippen LogP contribution is 2.49. The van der Waals surface area contributed by atoms with Gasteiger partial charge in [-0.1, -0.05) is 0 Å². The van der Waals surface area contributed by atoms with Crippen molar-refractivity contribution in [3.63, 3.8) is 0 Å². The lowest BCUT2D eigenvalue weighted by Crippen LogP contribution is -2.59. The topological polar surface area (TPSA) is 84.3 Å². The van der Waals surface area contributed by atoms with Gasteiger partial charge < -0.3 is 0 Å². The summed E-state index contributed by atoms with van der Waals surface area (Å²) in [6.07, 6.45) is 4.09. The molecule has 1 saturated heterocycles. The van der Waals surface area contributed by atoms with Crippen molar-refractivity contribution in [2.75, 3.05) is 4.90 Å². The van der Waals surface area contributed by atoms with Gasteiger partial charge in [0.1, 0.15) is 5.41 Å². The Labute approximate surface area is 109 Å². The largest absolute Gasteiger partial charge is 0.335 e. The van der Waals surface area contributed by atoms with Crippen molar-refractivity contribution in [2.24, 2.45) is 5.41 Å². The summed E-state index contributed by atoms with van der Waals surface area (Å²) >= 11 is 0. The third-order valence-electron chi connectivity index (χ3n) is 3.60. The van der Waals surface area contributed by atoms with Crippen molar-refractivity contribution in [2.45, 2.75) is 32.7 Å². The zero-order valence-electron chi connectivity index (χ0n) is 10.7. The van der Waals surface area contributed by atoms with Gasteiger partial charge in [0, 0.05) is 12.2 Å². The highest BCUT2D eigenvalue weighted by atomic mass is 16.2. The summed E-state index contributed by atoms with van der Waals surface area (Å²) in [5.41, 5.74) is -0.622. The second kappa shape index (κ2) is 3.66. The number of anilines is 1. The Morgan fingerprint density at radius 1 is 1.32 bits per heavy atom. The van der Waals surface area contributed by atoms with E-state index >= 15 is 0 Å². The highest BCUT2D eigenvalue weighted by molar-refractivity contribution is 6.31. The van der Waals surface area contributed by atoms with Crippen LogP contribution >= 0.6 is 0 Å². The number of nitrogens with one attached hydrogen (secondary N) is 1. The number of rotatable bonds is 2. The molecule has 7 nitrogen and oxygen atoms in total. The Bertz CT molecular complexity index is 586. The van der Waals surface area contributed by atoms with Gasteiger partial charge in [0.2, 0.25) is 5.91 Å². The maximum Gasteiger partial charge on any atom is 0.335 e. The van der Waals surface area contributed by atoms with E-state index in [1.54, 1.807) is 10.9 Å². The van der Waals surface area contributed by atoms with Crippen molar-refractivity contribution >= 4 is 23.5 Å². The molecular weight excluding hydrogens is 248 g/mol. The molecule has 1 aromatic rings. The first-order valence-electron chi connectivity index (χ1n) is 6.20. The number of barbiturate groups is 1. The molecule has 1 saturated carbocycles. The number of urea groups is 1. The van der Waals surface area contributed by atoms with Crippen LogP contribution in [-0.2, 0) is 9.59 Å². The number of amides is 4. The third-order valence-corrected chi connectivity index (χ3v) is 3.60. The van der Waals surface area contributed by atoms with Gasteiger partial charge in [0.25, 0.3) is 5.91 Å². The Balaban J connectivity index is 1.96. The van der Waals surface area contributed by atoms with E-state index in [0.717, 1.165) is 4.90 Å². The molecule has 2 aliphatic rings. The predicted octanol–water partition coefficient (Wildman–Crippen LogP) is 0.827. The Hall–Kier alpha value is -2.18. The summed E-state index contributed by atoms with van der Waals surface area (Å²) in [7, 11) is 0. The van der Waals surface area contributed by atoms with Crippen LogP contribution in [0.3, 0.4) is 0 Å². The average Bonchev–Trinajstić information content (AvgIpc) is 3.00. The smallest absolute Gasteiger partial charge is 0.276 e. The second-order valence-electron chi connectivity index (χ2n) is 5.25. The van der Waals surface area contributed by atoms with Crippen molar-refractivity contribution in [3.8, 4) is 0 Å². The molecule has 2 fully saturated rings. The van der Waals surface area contributed by atoms with Gasteiger partial charge >= 0.3 is 6.03 Å². The van der Waals surface area contributed by atoms with Gasteiger partial charge in [-0.05, 0) is 26.7 Å². The maximum absolute atomic E-state index is 12.3. The molecular formula is C12H14N4O3. The summed E-state index contributed by atoms with van der Waals surface area (Å²) in [6, 6.07) is -0.566. The molecule has 0 bridgehead atoms. The van der Waals surface area contributed by atoms with Crippen LogP contribution in [0.1, 0.15) is 32.7 Å². The van der Waals surface area contributed by atoms with Crippen LogP contribution in [0.5, 0.6) is 0 Å². The fraction of sp³-hybridized carbons (Fsp3) is 0.500. The molecule has 0 radical (unpaired) electrons. The molecule has 1 aliphatic heterocycles. The van der Waals surface area contributed by atoms with Crippen LogP contribution in [0.2, 0.25) is 0 Å². The summed E-state index contributed by atoms with van der Waals surface area (Å²) in [4.78, 5) is 36.9. The molecule has 4 amide bonds. The maximum atomic E-state index is 12.3. The van der Waals surface area contributed by atoms with Gasteiger partial charge in [-0.3, -0.25) is 19.6 Å². The van der Waals surface area contributed by atoms with Crippen LogP contribution < -0.4 is 10.2 Å². The molecule has 7 heteroatoms. The number of aromatic nitrogens is 2. The third kappa shape index (κ3) is 1.57. The van der Waals surface area contributed by atoms with Crippen LogP contribution in [0.15, 0.2) is 12.4 Å². The Kier molecular flexibility index (Phi) is 2.29. The monoisotopic (exact) mass is 262 g/mol. The molecule has 3 rings (SSSR count). The molecule has 0 unspecified atom stereocenters. The first-order chi connectivity index (χ1) is 8.95. The number of nitrogens with zero attached hydrogens (tertiary/aromatic N) is 3. The van der Waals surface area contributed by atoms with Crippen LogP contribution in [0.25, 0.3) is 0 Å². The van der Waals surface area contributed by atoms with E-state index < -0.39 is 23.3 Å². The minimum Gasteiger partial charge on any atom is -0.276 e. The molecule has 0 aromatic carbocycles. The Morgan fingerprint density at radius 3 is 2.53 bits per heavy atom. The average molecular weight is 262 g/mol. The van der Waals surface area contributed by atoms with E-state index in [9.17, 15) is 14.4 Å². The molecule has 1 N–H and O–H groups in total. The molecule has 0 atom stereocenters. The van der Waals surface area contributed by atoms with Gasteiger partial charge in [-0.2, -0.15) is 5.10 Å². The molecule has 100 valence electrons. The van der Waals surface area contributed by atoms with E-state index in [1.807, 2.05) is 13.8 Å². The molecule has 1 spiro atoms. The zero-order valence-corrected chi connectivity index (χ0v) is 10.7. The predicted molar refractivity (Wildman–Crippen MR) is 65.3 cm³/mol. The minimum absolute atomic E-state index is 0.133. The normalized spacial score (nSPS) is 21.2. The summed E-state index contributed by atoms with van der Waals surface area (Å²) in [5, 5.41) is 6.34. The molecule has 19 heavy (non-hydrogen) atoms. The van der Waals surface area contributed by atoms with Gasteiger partial charge in [-0.25, -0.2) is 9.69 Å². The lowest BCUT2D eigenvalue weighted by atomic mass is 10.0. The number of carbonyl (C=O) groups is 3. The van der Waals surface area contributed by atoms with Crippen LogP contribution in [-0.4, -0.2) is 27.6 Å². The van der Waals surface area contributed by atoms with Crippen LogP contribution in [0.4, 0.5) is 10.5 Å². The van der Waals surface area contributed by atoms with Crippen LogP contribution in [0, 0.1) is 5.41 Å². The first kappa shape index (κ1) is 11.9. The summed E-state index contributed by atoms with van der Waals surface area (Å²) in [5.74, 6) is -0.917. The van der Waals surface area contributed by atoms with Crippen molar-refractivity contribution in [1.82, 2.24) is 15.1 Å². The highest BCUT2D eigenvalue weighted by Gasteiger charge is 2.62.